The number of pyridine rings is 1. The first-order valence-corrected chi connectivity index (χ1v) is 13.9. The molecular weight excluding hydrogens is 492 g/mol. The zero-order chi connectivity index (χ0) is 27.3. The lowest BCUT2D eigenvalue weighted by Gasteiger charge is -2.39. The van der Waals surface area contributed by atoms with Crippen LogP contribution in [-0.4, -0.2) is 81.8 Å². The summed E-state index contributed by atoms with van der Waals surface area (Å²) in [6, 6.07) is 12.5. The van der Waals surface area contributed by atoms with Crippen molar-refractivity contribution < 1.29 is 14.4 Å². The summed E-state index contributed by atoms with van der Waals surface area (Å²) in [7, 11) is 0. The molecular formula is C30H36N6O3. The van der Waals surface area contributed by atoms with Gasteiger partial charge < -0.3 is 25.0 Å². The highest BCUT2D eigenvalue weighted by Gasteiger charge is 2.50. The first-order chi connectivity index (χ1) is 18.7. The molecule has 39 heavy (non-hydrogen) atoms. The quantitative estimate of drug-likeness (QED) is 0.528. The number of aromatic nitrogens is 2. The van der Waals surface area contributed by atoms with E-state index in [1.807, 2.05) is 73.0 Å². The van der Waals surface area contributed by atoms with E-state index in [9.17, 15) is 14.4 Å². The Balaban J connectivity index is 1.12. The number of rotatable bonds is 5. The third kappa shape index (κ3) is 4.75. The van der Waals surface area contributed by atoms with Crippen LogP contribution in [0.3, 0.4) is 0 Å². The number of fused-ring (bicyclic) bond motifs is 3. The van der Waals surface area contributed by atoms with Crippen LogP contribution in [0.1, 0.15) is 61.0 Å². The fourth-order valence-corrected chi connectivity index (χ4v) is 6.23. The second-order valence-corrected chi connectivity index (χ2v) is 12.1. The second-order valence-electron chi connectivity index (χ2n) is 12.1. The molecule has 6 rings (SSSR count). The van der Waals surface area contributed by atoms with E-state index in [4.69, 9.17) is 0 Å². The number of hydrogen-bond donors (Lipinski definition) is 2. The Kier molecular flexibility index (Phi) is 6.32. The average molecular weight is 529 g/mol. The predicted molar refractivity (Wildman–Crippen MR) is 150 cm³/mol. The van der Waals surface area contributed by atoms with E-state index in [-0.39, 0.29) is 29.8 Å². The molecule has 3 aliphatic rings. The van der Waals surface area contributed by atoms with Gasteiger partial charge >= 0.3 is 0 Å². The normalized spacial score (nSPS) is 21.6. The maximum absolute atomic E-state index is 13.8. The van der Waals surface area contributed by atoms with Crippen molar-refractivity contribution in [3.63, 3.8) is 0 Å². The molecule has 9 nitrogen and oxygen atoms in total. The largest absolute Gasteiger partial charge is 0.370 e. The molecule has 9 heteroatoms. The van der Waals surface area contributed by atoms with Gasteiger partial charge in [0.15, 0.2) is 0 Å². The minimum atomic E-state index is -0.695. The molecule has 2 bridgehead atoms. The Morgan fingerprint density at radius 1 is 1.00 bits per heavy atom. The summed E-state index contributed by atoms with van der Waals surface area (Å²) in [5.41, 5.74) is 2.33. The number of para-hydroxylation sites is 1. The fourth-order valence-electron chi connectivity index (χ4n) is 6.23. The third-order valence-electron chi connectivity index (χ3n) is 8.39. The molecule has 3 aliphatic heterocycles. The minimum absolute atomic E-state index is 0.0449. The summed E-state index contributed by atoms with van der Waals surface area (Å²) in [6.07, 6.45) is 4.92. The number of nitrogens with one attached hydrogen (secondary N) is 2. The smallest absolute Gasteiger partial charge is 0.272 e. The topological polar surface area (TPSA) is 102 Å². The van der Waals surface area contributed by atoms with Crippen molar-refractivity contribution in [2.24, 2.45) is 5.41 Å². The van der Waals surface area contributed by atoms with Crippen molar-refractivity contribution in [1.29, 1.82) is 0 Å². The van der Waals surface area contributed by atoms with Crippen LogP contribution in [-0.2, 0) is 4.79 Å². The van der Waals surface area contributed by atoms with E-state index in [0.29, 0.717) is 24.5 Å². The Bertz CT molecular complexity index is 1370. The maximum Gasteiger partial charge on any atom is 0.272 e. The number of H-pyrrole nitrogens is 1. The van der Waals surface area contributed by atoms with Gasteiger partial charge in [-0.05, 0) is 48.9 Å². The van der Waals surface area contributed by atoms with Gasteiger partial charge in [-0.2, -0.15) is 0 Å². The van der Waals surface area contributed by atoms with Crippen molar-refractivity contribution in [1.82, 2.24) is 25.1 Å². The monoisotopic (exact) mass is 528 g/mol. The molecule has 3 fully saturated rings. The lowest BCUT2D eigenvalue weighted by Crippen LogP contribution is -2.59. The molecule has 3 amide bonds. The number of piperazine rings is 1. The Labute approximate surface area is 228 Å². The second kappa shape index (κ2) is 9.70. The van der Waals surface area contributed by atoms with Crippen molar-refractivity contribution in [2.75, 3.05) is 31.1 Å². The highest BCUT2D eigenvalue weighted by Crippen LogP contribution is 2.34. The van der Waals surface area contributed by atoms with Crippen LogP contribution in [0.5, 0.6) is 0 Å². The van der Waals surface area contributed by atoms with Crippen LogP contribution < -0.4 is 10.2 Å². The van der Waals surface area contributed by atoms with Gasteiger partial charge in [-0.25, -0.2) is 4.98 Å². The number of nitrogens with zero attached hydrogens (tertiary/aromatic N) is 4. The van der Waals surface area contributed by atoms with Crippen molar-refractivity contribution in [2.45, 2.75) is 58.2 Å². The summed E-state index contributed by atoms with van der Waals surface area (Å²) in [5.74, 6) is -0.481. The highest BCUT2D eigenvalue weighted by atomic mass is 16.2. The Hall–Kier alpha value is -3.88. The molecule has 2 aromatic heterocycles. The molecule has 0 aliphatic carbocycles. The maximum atomic E-state index is 13.8. The summed E-state index contributed by atoms with van der Waals surface area (Å²) in [4.78, 5) is 53.9. The van der Waals surface area contributed by atoms with Gasteiger partial charge in [0, 0.05) is 37.1 Å². The molecule has 204 valence electrons. The molecule has 1 aromatic carbocycles. The molecule has 3 aromatic rings. The number of aromatic amines is 1. The number of hydrogen-bond acceptors (Lipinski definition) is 5. The molecule has 5 heterocycles. The van der Waals surface area contributed by atoms with Crippen LogP contribution >= 0.6 is 0 Å². The Morgan fingerprint density at radius 3 is 2.36 bits per heavy atom. The summed E-state index contributed by atoms with van der Waals surface area (Å²) >= 11 is 0. The lowest BCUT2D eigenvalue weighted by molar-refractivity contribution is -0.138. The zero-order valence-electron chi connectivity index (χ0n) is 22.8. The number of likely N-dealkylation sites (tertiary alicyclic amines) is 2. The first kappa shape index (κ1) is 25.4. The molecule has 3 atom stereocenters. The third-order valence-corrected chi connectivity index (χ3v) is 8.39. The highest BCUT2D eigenvalue weighted by molar-refractivity contribution is 6.00. The van der Waals surface area contributed by atoms with E-state index >= 15 is 0 Å². The standard InChI is InChI=1S/C30H36N6O3/c1-30(2,3)26(33-27(37)25-14-19-8-4-5-9-23(19)32-25)29(39)36-18-21-15-22(36)17-35(21)28(38)24-11-10-20(16-31-24)34-12-6-7-13-34/h4-5,8-11,14,16,21-22,26,32H,6-7,12-13,15,17-18H2,1-3H3,(H,33,37). The molecule has 0 saturated carbocycles. The Morgan fingerprint density at radius 2 is 1.72 bits per heavy atom. The summed E-state index contributed by atoms with van der Waals surface area (Å²) in [6.45, 7) is 8.90. The fraction of sp³-hybridized carbons (Fsp3) is 0.467. The van der Waals surface area contributed by atoms with Crippen molar-refractivity contribution in [3.8, 4) is 0 Å². The molecule has 0 radical (unpaired) electrons. The van der Waals surface area contributed by atoms with Crippen LogP contribution in [0.2, 0.25) is 0 Å². The van der Waals surface area contributed by atoms with Gasteiger partial charge in [0.05, 0.1) is 24.0 Å². The lowest BCUT2D eigenvalue weighted by atomic mass is 9.85. The first-order valence-electron chi connectivity index (χ1n) is 13.9. The van der Waals surface area contributed by atoms with Crippen molar-refractivity contribution in [3.05, 3.63) is 60.0 Å². The summed E-state index contributed by atoms with van der Waals surface area (Å²) < 4.78 is 0. The van der Waals surface area contributed by atoms with Crippen LogP contribution in [0.4, 0.5) is 5.69 Å². The number of anilines is 1. The molecule has 0 spiro atoms. The predicted octanol–water partition coefficient (Wildman–Crippen LogP) is 3.43. The van der Waals surface area contributed by atoms with Crippen LogP contribution in [0.25, 0.3) is 10.9 Å². The van der Waals surface area contributed by atoms with Gasteiger partial charge in [-0.15, -0.1) is 0 Å². The number of amides is 3. The van der Waals surface area contributed by atoms with Crippen LogP contribution in [0.15, 0.2) is 48.7 Å². The van der Waals surface area contributed by atoms with E-state index in [0.717, 1.165) is 36.1 Å². The van der Waals surface area contributed by atoms with Gasteiger partial charge in [0.1, 0.15) is 17.4 Å². The number of benzene rings is 1. The van der Waals surface area contributed by atoms with Gasteiger partial charge in [0.25, 0.3) is 11.8 Å². The van der Waals surface area contributed by atoms with E-state index < -0.39 is 11.5 Å². The van der Waals surface area contributed by atoms with E-state index in [1.54, 1.807) is 6.20 Å². The molecule has 2 N–H and O–H groups in total. The zero-order valence-corrected chi connectivity index (χ0v) is 22.8. The van der Waals surface area contributed by atoms with Gasteiger partial charge in [-0.3, -0.25) is 14.4 Å². The molecule has 3 unspecified atom stereocenters. The van der Waals surface area contributed by atoms with Crippen molar-refractivity contribution >= 4 is 34.3 Å². The summed E-state index contributed by atoms with van der Waals surface area (Å²) in [5, 5.41) is 3.95. The van der Waals surface area contributed by atoms with E-state index in [1.165, 1.54) is 12.8 Å². The van der Waals surface area contributed by atoms with E-state index in [2.05, 4.69) is 20.2 Å². The number of carbonyl (C=O) groups is 3. The number of carbonyl (C=O) groups excluding carboxylic acids is 3. The molecule has 3 saturated heterocycles. The van der Waals surface area contributed by atoms with Crippen LogP contribution in [0, 0.1) is 5.41 Å². The SMILES string of the molecule is CC(C)(C)C(NC(=O)c1cc2ccccc2[nH]1)C(=O)N1CC2CC1CN2C(=O)c1ccc(N2CCCC2)cn1. The minimum Gasteiger partial charge on any atom is -0.370 e. The van der Waals surface area contributed by atoms with Gasteiger partial charge in [0.2, 0.25) is 5.91 Å². The van der Waals surface area contributed by atoms with Gasteiger partial charge in [-0.1, -0.05) is 39.0 Å². The average Bonchev–Trinajstić information content (AvgIpc) is 3.73.